The Labute approximate surface area is 91.2 Å². The summed E-state index contributed by atoms with van der Waals surface area (Å²) in [5.41, 5.74) is 0. The Bertz CT molecular complexity index is 157. The van der Waals surface area contributed by atoms with E-state index in [0.29, 0.717) is 0 Å². The first-order valence-corrected chi connectivity index (χ1v) is 3.50. The van der Waals surface area contributed by atoms with Gasteiger partial charge in [0.15, 0.2) is 0 Å². The number of hydrogen-bond donors (Lipinski definition) is 0. The van der Waals surface area contributed by atoms with Gasteiger partial charge < -0.3 is 18.2 Å². The summed E-state index contributed by atoms with van der Waals surface area (Å²) in [4.78, 5) is 0. The van der Waals surface area contributed by atoms with Gasteiger partial charge in [0.25, 0.3) is 0 Å². The van der Waals surface area contributed by atoms with Crippen molar-refractivity contribution in [2.45, 2.75) is 0 Å². The van der Waals surface area contributed by atoms with E-state index < -0.39 is 21.8 Å². The monoisotopic (exact) mass is 304 g/mol. The van der Waals surface area contributed by atoms with Gasteiger partial charge in [0.05, 0.1) is 0 Å². The Hall–Kier alpha value is 1.19. The predicted octanol–water partition coefficient (Wildman–Crippen LogP) is -2.35. The first-order chi connectivity index (χ1) is 3.73. The maximum Gasteiger partial charge on any atom is 2.00 e. The van der Waals surface area contributed by atoms with Crippen LogP contribution in [0, 0.1) is 0 Å². The molecule has 0 spiro atoms. The van der Waals surface area contributed by atoms with Crippen LogP contribution in [0.1, 0.15) is 0 Å². The molecule has 11 heavy (non-hydrogen) atoms. The molecule has 11 heteroatoms. The van der Waals surface area contributed by atoms with E-state index in [4.69, 9.17) is 30.8 Å². The van der Waals surface area contributed by atoms with Gasteiger partial charge in [0, 0.05) is 10.4 Å². The second-order valence-electron chi connectivity index (χ2n) is 0.612. The smallest absolute Gasteiger partial charge is 0.784 e. The Morgan fingerprint density at radius 3 is 1.00 bits per heavy atom. The van der Waals surface area contributed by atoms with Gasteiger partial charge in [-0.05, 0) is 0 Å². The molecule has 7 nitrogen and oxygen atoms in total. The van der Waals surface area contributed by atoms with E-state index in [1.54, 1.807) is 0 Å². The maximum atomic E-state index is 8.52. The topological polar surface area (TPSA) is 143 Å². The van der Waals surface area contributed by atoms with Crippen LogP contribution in [0.3, 0.4) is 0 Å². The fraction of sp³-hybridized carbons (Fsp3) is 0. The molecule has 0 aromatic carbocycles. The number of rotatable bonds is 0. The van der Waals surface area contributed by atoms with Crippen molar-refractivity contribution in [3.63, 3.8) is 0 Å². The van der Waals surface area contributed by atoms with Gasteiger partial charge in [0.1, 0.15) is 0 Å². The molecule has 0 fully saturated rings. The molecule has 0 bridgehead atoms. The summed E-state index contributed by atoms with van der Waals surface area (Å²) in [7, 11) is -5.17. The second-order valence-corrected chi connectivity index (χ2v) is 1.84. The van der Waals surface area contributed by atoms with E-state index in [-0.39, 0.29) is 39.0 Å². The number of hydrogen-bond acceptors (Lipinski definition) is 7. The maximum absolute atomic E-state index is 8.52. The third-order valence-electron chi connectivity index (χ3n) is 0. The van der Waals surface area contributed by atoms with Crippen LogP contribution in [0.15, 0.2) is 0 Å². The SMILES string of the molecule is O=S(=O)([O-])[O-].O=S([O-])[O-].[Zn+2].[Zn+2]. The summed E-state index contributed by atoms with van der Waals surface area (Å²) in [6.45, 7) is 0. The molecule has 0 N–H and O–H groups in total. The average Bonchev–Trinajstić information content (AvgIpc) is 1.19. The summed E-state index contributed by atoms with van der Waals surface area (Å²) in [6.07, 6.45) is 0. The Balaban J connectivity index is -0.0000000383. The zero-order chi connectivity index (χ0) is 8.08. The summed E-state index contributed by atoms with van der Waals surface area (Å²) < 4.78 is 59.4. The molecule has 0 atom stereocenters. The summed E-state index contributed by atoms with van der Waals surface area (Å²) in [6, 6.07) is 0. The first-order valence-electron chi connectivity index (χ1n) is 1.17. The largest absolute Gasteiger partial charge is 2.00 e. The third-order valence-corrected chi connectivity index (χ3v) is 0. The standard InChI is InChI=1S/H2O4S.H2O3S.2Zn/c1-5(2,3)4;1-4(2)3;;/h(H2,1,2,3,4);(H2,1,2,3);;/q;;2*+2/p-4. The quantitative estimate of drug-likeness (QED) is 0.211. The zero-order valence-corrected chi connectivity index (χ0v) is 12.7. The van der Waals surface area contributed by atoms with Crippen molar-refractivity contribution in [2.75, 3.05) is 0 Å². The Kier molecular flexibility index (Phi) is 23.1. The fourth-order valence-electron chi connectivity index (χ4n) is 0. The molecular formula is O7S2Zn2. The summed E-state index contributed by atoms with van der Waals surface area (Å²) in [5, 5.41) is 0. The van der Waals surface area contributed by atoms with Crippen LogP contribution in [-0.2, 0) is 60.7 Å². The van der Waals surface area contributed by atoms with Crippen molar-refractivity contribution in [1.82, 2.24) is 0 Å². The van der Waals surface area contributed by atoms with Crippen LogP contribution in [0.5, 0.6) is 0 Å². The van der Waals surface area contributed by atoms with Crippen molar-refractivity contribution >= 4 is 21.8 Å². The zero-order valence-electron chi connectivity index (χ0n) is 5.09. The normalized spacial score (nSPS) is 8.45. The molecule has 0 radical (unpaired) electrons. The summed E-state index contributed by atoms with van der Waals surface area (Å²) >= 11 is -3.11. The van der Waals surface area contributed by atoms with Crippen LogP contribution in [-0.4, -0.2) is 30.8 Å². The van der Waals surface area contributed by atoms with Gasteiger partial charge >= 0.3 is 39.0 Å². The third kappa shape index (κ3) is 670. The molecule has 0 aliphatic heterocycles. The molecule has 0 aliphatic rings. The van der Waals surface area contributed by atoms with Crippen LogP contribution < -0.4 is 0 Å². The van der Waals surface area contributed by atoms with Crippen LogP contribution in [0.4, 0.5) is 0 Å². The van der Waals surface area contributed by atoms with E-state index in [1.165, 1.54) is 0 Å². The molecule has 0 unspecified atom stereocenters. The van der Waals surface area contributed by atoms with Gasteiger partial charge in [-0.15, -0.1) is 11.4 Å². The molecule has 0 aromatic rings. The molecule has 0 saturated heterocycles. The van der Waals surface area contributed by atoms with Gasteiger partial charge in [-0.1, -0.05) is 0 Å². The van der Waals surface area contributed by atoms with E-state index in [1.807, 2.05) is 0 Å². The minimum atomic E-state index is -5.17. The van der Waals surface area contributed by atoms with E-state index >= 15 is 0 Å². The van der Waals surface area contributed by atoms with Crippen molar-refractivity contribution in [3.8, 4) is 0 Å². The van der Waals surface area contributed by atoms with E-state index in [0.717, 1.165) is 0 Å². The van der Waals surface area contributed by atoms with Crippen molar-refractivity contribution in [2.24, 2.45) is 0 Å². The average molecular weight is 307 g/mol. The Morgan fingerprint density at radius 2 is 1.00 bits per heavy atom. The molecule has 0 amide bonds. The van der Waals surface area contributed by atoms with Crippen LogP contribution in [0.2, 0.25) is 0 Å². The fourth-order valence-corrected chi connectivity index (χ4v) is 0. The molecule has 0 rings (SSSR count). The summed E-state index contributed by atoms with van der Waals surface area (Å²) in [5.74, 6) is 0. The van der Waals surface area contributed by atoms with Crippen LogP contribution in [0.25, 0.3) is 0 Å². The van der Waals surface area contributed by atoms with Crippen molar-refractivity contribution in [1.29, 1.82) is 0 Å². The van der Waals surface area contributed by atoms with Crippen molar-refractivity contribution < 1.29 is 69.8 Å². The van der Waals surface area contributed by atoms with Gasteiger partial charge in [-0.25, -0.2) is 0 Å². The Morgan fingerprint density at radius 1 is 1.00 bits per heavy atom. The molecule has 0 aliphatic carbocycles. The van der Waals surface area contributed by atoms with Gasteiger partial charge in [-0.2, -0.15) is 0 Å². The van der Waals surface area contributed by atoms with Gasteiger partial charge in [0.2, 0.25) is 0 Å². The van der Waals surface area contributed by atoms with Gasteiger partial charge in [-0.3, -0.25) is 12.6 Å². The molecular weight excluding hydrogens is 307 g/mol. The molecule has 58 valence electrons. The second kappa shape index (κ2) is 11.2. The molecule has 0 saturated carbocycles. The van der Waals surface area contributed by atoms with Crippen molar-refractivity contribution in [3.05, 3.63) is 0 Å². The predicted molar refractivity (Wildman–Crippen MR) is 20.2 cm³/mol. The molecule has 0 heterocycles. The van der Waals surface area contributed by atoms with E-state index in [2.05, 4.69) is 0 Å². The minimum Gasteiger partial charge on any atom is -0.784 e. The minimum absolute atomic E-state index is 0. The van der Waals surface area contributed by atoms with E-state index in [9.17, 15) is 0 Å². The first kappa shape index (κ1) is 22.8. The molecule has 0 aromatic heterocycles. The van der Waals surface area contributed by atoms with Crippen LogP contribution >= 0.6 is 0 Å².